The lowest BCUT2D eigenvalue weighted by Crippen LogP contribution is -2.28. The lowest BCUT2D eigenvalue weighted by molar-refractivity contribution is 0.517. The van der Waals surface area contributed by atoms with E-state index in [0.717, 1.165) is 12.8 Å². The number of halogens is 1. The summed E-state index contributed by atoms with van der Waals surface area (Å²) < 4.78 is 1.30. The number of hydrazine groups is 1. The van der Waals surface area contributed by atoms with Gasteiger partial charge in [-0.2, -0.15) is 0 Å². The predicted molar refractivity (Wildman–Crippen MR) is 81.9 cm³/mol. The van der Waals surface area contributed by atoms with Crippen molar-refractivity contribution in [2.75, 3.05) is 0 Å². The summed E-state index contributed by atoms with van der Waals surface area (Å²) in [5.74, 6) is 5.63. The van der Waals surface area contributed by atoms with E-state index >= 15 is 0 Å². The molecule has 17 heavy (non-hydrogen) atoms. The average Bonchev–Trinajstić information content (AvgIpc) is 2.78. The number of nitrogens with two attached hydrogens (primary N) is 1. The van der Waals surface area contributed by atoms with Crippen LogP contribution in [-0.2, 0) is 6.42 Å². The molecule has 3 N–H and O–H groups in total. The highest BCUT2D eigenvalue weighted by Crippen LogP contribution is 2.25. The highest BCUT2D eigenvalue weighted by atomic mass is 127. The summed E-state index contributed by atoms with van der Waals surface area (Å²) >= 11 is 4.10. The lowest BCUT2D eigenvalue weighted by atomic mass is 10.0. The molecule has 1 aromatic carbocycles. The first-order chi connectivity index (χ1) is 8.29. The molecule has 0 radical (unpaired) electrons. The topological polar surface area (TPSA) is 38.0 Å². The minimum atomic E-state index is 0.245. The fourth-order valence-corrected chi connectivity index (χ4v) is 3.23. The van der Waals surface area contributed by atoms with Gasteiger partial charge in [-0.1, -0.05) is 30.3 Å². The molecule has 0 saturated heterocycles. The van der Waals surface area contributed by atoms with E-state index in [1.807, 2.05) is 6.07 Å². The maximum Gasteiger partial charge on any atom is 0.0656 e. The van der Waals surface area contributed by atoms with Gasteiger partial charge < -0.3 is 0 Å². The van der Waals surface area contributed by atoms with E-state index in [0.29, 0.717) is 0 Å². The number of thiophene rings is 1. The molecule has 1 unspecified atom stereocenters. The first kappa shape index (κ1) is 13.0. The van der Waals surface area contributed by atoms with E-state index in [-0.39, 0.29) is 6.04 Å². The normalized spacial score (nSPS) is 12.6. The molecular formula is C13H15IN2S. The van der Waals surface area contributed by atoms with Crippen LogP contribution in [0.1, 0.15) is 23.6 Å². The third kappa shape index (κ3) is 3.77. The van der Waals surface area contributed by atoms with Gasteiger partial charge in [0.2, 0.25) is 0 Å². The van der Waals surface area contributed by atoms with Gasteiger partial charge in [-0.15, -0.1) is 11.3 Å². The summed E-state index contributed by atoms with van der Waals surface area (Å²) in [6, 6.07) is 13.0. The summed E-state index contributed by atoms with van der Waals surface area (Å²) in [5, 5.41) is 2.18. The quantitative estimate of drug-likeness (QED) is 0.488. The van der Waals surface area contributed by atoms with Crippen molar-refractivity contribution in [3.63, 3.8) is 0 Å². The van der Waals surface area contributed by atoms with Gasteiger partial charge in [-0.3, -0.25) is 11.3 Å². The zero-order chi connectivity index (χ0) is 12.1. The van der Waals surface area contributed by atoms with E-state index in [2.05, 4.69) is 63.7 Å². The Labute approximate surface area is 119 Å². The highest BCUT2D eigenvalue weighted by molar-refractivity contribution is 14.1. The van der Waals surface area contributed by atoms with Crippen LogP contribution in [0.25, 0.3) is 0 Å². The Balaban J connectivity index is 1.97. The van der Waals surface area contributed by atoms with Gasteiger partial charge in [0.15, 0.2) is 0 Å². The second kappa shape index (κ2) is 6.49. The van der Waals surface area contributed by atoms with Crippen LogP contribution in [0, 0.1) is 2.88 Å². The molecule has 1 aromatic heterocycles. The minimum absolute atomic E-state index is 0.245. The highest BCUT2D eigenvalue weighted by Gasteiger charge is 2.11. The maximum atomic E-state index is 5.63. The number of nitrogens with one attached hydrogen (secondary N) is 1. The summed E-state index contributed by atoms with van der Waals surface area (Å²) in [7, 11) is 0. The molecule has 4 heteroatoms. The molecule has 0 aliphatic heterocycles. The molecule has 2 rings (SSSR count). The van der Waals surface area contributed by atoms with Crippen molar-refractivity contribution >= 4 is 33.9 Å². The summed E-state index contributed by atoms with van der Waals surface area (Å²) in [5.41, 5.74) is 5.55. The van der Waals surface area contributed by atoms with Crippen LogP contribution >= 0.6 is 33.9 Å². The van der Waals surface area contributed by atoms with Crippen LogP contribution in [0.5, 0.6) is 0 Å². The molecule has 0 aliphatic carbocycles. The Morgan fingerprint density at radius 2 is 2.06 bits per heavy atom. The first-order valence-corrected chi connectivity index (χ1v) is 7.49. The Bertz CT molecular complexity index is 455. The summed E-state index contributed by atoms with van der Waals surface area (Å²) in [6.07, 6.45) is 2.06. The van der Waals surface area contributed by atoms with Crippen molar-refractivity contribution in [1.82, 2.24) is 5.43 Å². The number of benzene rings is 1. The molecule has 0 fully saturated rings. The van der Waals surface area contributed by atoms with Crippen LogP contribution in [0.15, 0.2) is 41.8 Å². The smallest absolute Gasteiger partial charge is 0.0656 e. The molecule has 2 aromatic rings. The standard InChI is InChI=1S/C13H15IN2S/c14-13-8-11(9-17-13)12(16-15)7-6-10-4-2-1-3-5-10/h1-5,8-9,12,16H,6-7,15H2. The van der Waals surface area contributed by atoms with Crippen LogP contribution in [0.3, 0.4) is 0 Å². The Kier molecular flexibility index (Phi) is 4.97. The largest absolute Gasteiger partial charge is 0.271 e. The molecule has 90 valence electrons. The maximum absolute atomic E-state index is 5.63. The van der Waals surface area contributed by atoms with Crippen molar-refractivity contribution in [1.29, 1.82) is 0 Å². The second-order valence-corrected chi connectivity index (χ2v) is 6.73. The Morgan fingerprint density at radius 3 is 2.65 bits per heavy atom. The summed E-state index contributed by atoms with van der Waals surface area (Å²) in [4.78, 5) is 0. The van der Waals surface area contributed by atoms with Gasteiger partial charge in [-0.05, 0) is 58.0 Å². The molecular weight excluding hydrogens is 343 g/mol. The molecule has 1 atom stereocenters. The van der Waals surface area contributed by atoms with Gasteiger partial charge in [0, 0.05) is 6.04 Å². The molecule has 0 spiro atoms. The molecule has 2 nitrogen and oxygen atoms in total. The number of hydrogen-bond acceptors (Lipinski definition) is 3. The molecule has 1 heterocycles. The van der Waals surface area contributed by atoms with Crippen molar-refractivity contribution in [2.24, 2.45) is 5.84 Å². The number of rotatable bonds is 5. The van der Waals surface area contributed by atoms with E-state index in [4.69, 9.17) is 5.84 Å². The molecule has 0 saturated carbocycles. The van der Waals surface area contributed by atoms with Crippen molar-refractivity contribution in [3.05, 3.63) is 55.8 Å². The van der Waals surface area contributed by atoms with Crippen LogP contribution in [0.4, 0.5) is 0 Å². The monoisotopic (exact) mass is 358 g/mol. The second-order valence-electron chi connectivity index (χ2n) is 3.93. The first-order valence-electron chi connectivity index (χ1n) is 5.53. The fraction of sp³-hybridized carbons (Fsp3) is 0.231. The fourth-order valence-electron chi connectivity index (χ4n) is 1.81. The van der Waals surface area contributed by atoms with E-state index in [1.54, 1.807) is 11.3 Å². The van der Waals surface area contributed by atoms with Gasteiger partial charge >= 0.3 is 0 Å². The van der Waals surface area contributed by atoms with Crippen LogP contribution in [-0.4, -0.2) is 0 Å². The average molecular weight is 358 g/mol. The van der Waals surface area contributed by atoms with Gasteiger partial charge in [0.25, 0.3) is 0 Å². The minimum Gasteiger partial charge on any atom is -0.271 e. The molecule has 0 aliphatic rings. The molecule has 0 amide bonds. The van der Waals surface area contributed by atoms with Crippen molar-refractivity contribution in [3.8, 4) is 0 Å². The zero-order valence-corrected chi connectivity index (χ0v) is 12.4. The third-order valence-corrected chi connectivity index (χ3v) is 4.56. The van der Waals surface area contributed by atoms with Crippen LogP contribution in [0.2, 0.25) is 0 Å². The number of aryl methyl sites for hydroxylation is 1. The molecule has 0 bridgehead atoms. The van der Waals surface area contributed by atoms with Gasteiger partial charge in [0.1, 0.15) is 0 Å². The third-order valence-electron chi connectivity index (χ3n) is 2.76. The van der Waals surface area contributed by atoms with Gasteiger partial charge in [-0.25, -0.2) is 0 Å². The number of hydrogen-bond donors (Lipinski definition) is 2. The van der Waals surface area contributed by atoms with E-state index in [1.165, 1.54) is 14.0 Å². The van der Waals surface area contributed by atoms with E-state index in [9.17, 15) is 0 Å². The van der Waals surface area contributed by atoms with Crippen molar-refractivity contribution in [2.45, 2.75) is 18.9 Å². The van der Waals surface area contributed by atoms with Gasteiger partial charge in [0.05, 0.1) is 2.88 Å². The Hall–Kier alpha value is -0.430. The van der Waals surface area contributed by atoms with Crippen molar-refractivity contribution < 1.29 is 0 Å². The zero-order valence-electron chi connectivity index (χ0n) is 9.40. The Morgan fingerprint density at radius 1 is 1.29 bits per heavy atom. The SMILES string of the molecule is NNC(CCc1ccccc1)c1csc(I)c1. The lowest BCUT2D eigenvalue weighted by Gasteiger charge is -2.14. The predicted octanol–water partition coefficient (Wildman–Crippen LogP) is 3.49. The summed E-state index contributed by atoms with van der Waals surface area (Å²) in [6.45, 7) is 0. The van der Waals surface area contributed by atoms with Crippen LogP contribution < -0.4 is 11.3 Å². The van der Waals surface area contributed by atoms with E-state index < -0.39 is 0 Å².